The lowest BCUT2D eigenvalue weighted by atomic mass is 10.0. The van der Waals surface area contributed by atoms with Crippen LogP contribution < -0.4 is 9.03 Å². The molecule has 2 aromatic carbocycles. The van der Waals surface area contributed by atoms with E-state index in [0.29, 0.717) is 35.8 Å². The van der Waals surface area contributed by atoms with E-state index in [0.717, 1.165) is 12.0 Å². The normalized spacial score (nSPS) is 16.9. The summed E-state index contributed by atoms with van der Waals surface area (Å²) in [4.78, 5) is 0.138. The Morgan fingerprint density at radius 1 is 1.04 bits per heavy atom. The maximum atomic E-state index is 12.8. The summed E-state index contributed by atoms with van der Waals surface area (Å²) in [5.74, 6) is 0.492. The number of nitrogens with one attached hydrogen (secondary N) is 1. The second-order valence-electron chi connectivity index (χ2n) is 7.43. The van der Waals surface area contributed by atoms with E-state index >= 15 is 0 Å². The first kappa shape index (κ1) is 20.7. The van der Waals surface area contributed by atoms with Crippen LogP contribution in [0.25, 0.3) is 0 Å². The number of benzene rings is 2. The van der Waals surface area contributed by atoms with Crippen LogP contribution in [-0.2, 0) is 20.0 Å². The molecule has 0 saturated carbocycles. The molecule has 0 spiro atoms. The average Bonchev–Trinajstić information content (AvgIpc) is 2.61. The van der Waals surface area contributed by atoms with Crippen LogP contribution in [0.3, 0.4) is 0 Å². The van der Waals surface area contributed by atoms with Crippen molar-refractivity contribution in [2.45, 2.75) is 44.4 Å². The van der Waals surface area contributed by atoms with Crippen molar-refractivity contribution in [2.24, 2.45) is 0 Å². The van der Waals surface area contributed by atoms with Crippen LogP contribution in [0.15, 0.2) is 47.4 Å². The van der Waals surface area contributed by atoms with Crippen LogP contribution in [0.2, 0.25) is 0 Å². The lowest BCUT2D eigenvalue weighted by Gasteiger charge is -2.28. The maximum absolute atomic E-state index is 12.8. The molecule has 2 aromatic rings. The van der Waals surface area contributed by atoms with Crippen molar-refractivity contribution in [2.75, 3.05) is 21.3 Å². The van der Waals surface area contributed by atoms with Gasteiger partial charge >= 0.3 is 0 Å². The van der Waals surface area contributed by atoms with Crippen LogP contribution in [-0.4, -0.2) is 29.1 Å². The molecule has 1 saturated heterocycles. The number of hydrogen-bond donors (Lipinski definition) is 1. The molecule has 0 amide bonds. The molecule has 0 bridgehead atoms. The van der Waals surface area contributed by atoms with Crippen molar-refractivity contribution in [3.05, 3.63) is 53.6 Å². The molecule has 1 aliphatic heterocycles. The molecule has 1 N–H and O–H groups in total. The van der Waals surface area contributed by atoms with Gasteiger partial charge in [-0.2, -0.15) is 0 Å². The minimum Gasteiger partial charge on any atom is -0.280 e. The summed E-state index contributed by atoms with van der Waals surface area (Å²) >= 11 is 0. The first-order chi connectivity index (χ1) is 13.1. The molecule has 3 rings (SSSR count). The van der Waals surface area contributed by atoms with E-state index in [9.17, 15) is 16.8 Å². The zero-order chi connectivity index (χ0) is 20.5. The molecule has 0 aromatic heterocycles. The highest BCUT2D eigenvalue weighted by Gasteiger charge is 2.27. The Morgan fingerprint density at radius 3 is 2.29 bits per heavy atom. The topological polar surface area (TPSA) is 83.6 Å². The van der Waals surface area contributed by atoms with Crippen molar-refractivity contribution in [1.82, 2.24) is 0 Å². The van der Waals surface area contributed by atoms with E-state index in [1.165, 1.54) is 10.4 Å². The summed E-state index contributed by atoms with van der Waals surface area (Å²) in [6, 6.07) is 12.0. The van der Waals surface area contributed by atoms with Crippen molar-refractivity contribution in [3.63, 3.8) is 0 Å². The summed E-state index contributed by atoms with van der Waals surface area (Å²) in [6.45, 7) is 6.25. The molecule has 0 radical (unpaired) electrons. The lowest BCUT2D eigenvalue weighted by molar-refractivity contribution is 0.574. The SMILES string of the molecule is Cc1cc(N2CCCCS2(=O)=O)ccc1S(=O)(=O)Nc1ccc(C(C)C)cc1. The van der Waals surface area contributed by atoms with Crippen molar-refractivity contribution >= 4 is 31.4 Å². The van der Waals surface area contributed by atoms with Gasteiger partial charge in [0.2, 0.25) is 10.0 Å². The minimum absolute atomic E-state index is 0.125. The van der Waals surface area contributed by atoms with Gasteiger partial charge < -0.3 is 0 Å². The Balaban J connectivity index is 1.86. The van der Waals surface area contributed by atoms with Gasteiger partial charge in [0.05, 0.1) is 16.3 Å². The van der Waals surface area contributed by atoms with Gasteiger partial charge in [0, 0.05) is 12.2 Å². The summed E-state index contributed by atoms with van der Waals surface area (Å²) in [5.41, 5.74) is 2.64. The molecule has 1 heterocycles. The molecule has 0 aliphatic carbocycles. The number of rotatable bonds is 5. The van der Waals surface area contributed by atoms with Crippen molar-refractivity contribution in [1.29, 1.82) is 0 Å². The van der Waals surface area contributed by atoms with E-state index in [1.54, 1.807) is 31.2 Å². The van der Waals surface area contributed by atoms with Crippen molar-refractivity contribution < 1.29 is 16.8 Å². The first-order valence-electron chi connectivity index (χ1n) is 9.34. The third kappa shape index (κ3) is 4.33. The highest BCUT2D eigenvalue weighted by atomic mass is 32.2. The fourth-order valence-electron chi connectivity index (χ4n) is 3.32. The van der Waals surface area contributed by atoms with Gasteiger partial charge in [0.1, 0.15) is 0 Å². The highest BCUT2D eigenvalue weighted by Crippen LogP contribution is 2.28. The van der Waals surface area contributed by atoms with Gasteiger partial charge in [-0.3, -0.25) is 9.03 Å². The van der Waals surface area contributed by atoms with Crippen LogP contribution >= 0.6 is 0 Å². The molecule has 0 unspecified atom stereocenters. The Bertz CT molecular complexity index is 1060. The summed E-state index contributed by atoms with van der Waals surface area (Å²) < 4.78 is 54.2. The maximum Gasteiger partial charge on any atom is 0.262 e. The zero-order valence-electron chi connectivity index (χ0n) is 16.3. The number of hydrogen-bond acceptors (Lipinski definition) is 4. The zero-order valence-corrected chi connectivity index (χ0v) is 18.0. The van der Waals surface area contributed by atoms with Crippen LogP contribution in [0.1, 0.15) is 43.7 Å². The van der Waals surface area contributed by atoms with Gasteiger partial charge in [-0.25, -0.2) is 16.8 Å². The second kappa shape index (κ2) is 7.75. The lowest BCUT2D eigenvalue weighted by Crippen LogP contribution is -2.37. The number of nitrogens with zero attached hydrogens (tertiary/aromatic N) is 1. The smallest absolute Gasteiger partial charge is 0.262 e. The summed E-state index contributed by atoms with van der Waals surface area (Å²) in [5, 5.41) is 0. The molecular weight excluding hydrogens is 396 g/mol. The Labute approximate surface area is 167 Å². The van der Waals surface area contributed by atoms with Crippen LogP contribution in [0.5, 0.6) is 0 Å². The van der Waals surface area contributed by atoms with E-state index in [4.69, 9.17) is 0 Å². The molecule has 28 heavy (non-hydrogen) atoms. The van der Waals surface area contributed by atoms with Gasteiger partial charge in [0.25, 0.3) is 10.0 Å². The number of sulfonamides is 2. The molecular formula is C20H26N2O4S2. The highest BCUT2D eigenvalue weighted by molar-refractivity contribution is 7.93. The largest absolute Gasteiger partial charge is 0.280 e. The predicted octanol–water partition coefficient (Wildman–Crippen LogP) is 3.85. The minimum atomic E-state index is -3.77. The summed E-state index contributed by atoms with van der Waals surface area (Å²) in [7, 11) is -7.10. The van der Waals surface area contributed by atoms with E-state index in [-0.39, 0.29) is 10.6 Å². The molecule has 152 valence electrons. The van der Waals surface area contributed by atoms with E-state index in [1.807, 2.05) is 12.1 Å². The molecule has 0 atom stereocenters. The monoisotopic (exact) mass is 422 g/mol. The quantitative estimate of drug-likeness (QED) is 0.793. The average molecular weight is 423 g/mol. The molecule has 8 heteroatoms. The predicted molar refractivity (Wildman–Crippen MR) is 113 cm³/mol. The van der Waals surface area contributed by atoms with E-state index in [2.05, 4.69) is 18.6 Å². The third-order valence-corrected chi connectivity index (χ3v) is 8.33. The number of aryl methyl sites for hydroxylation is 1. The standard InChI is InChI=1S/C20H26N2O4S2/c1-15(2)17-6-8-18(9-7-17)21-28(25,26)20-11-10-19(14-16(20)3)22-12-4-5-13-27(22,23)24/h6-11,14-15,21H,4-5,12-13H2,1-3H3. The molecule has 1 aliphatic rings. The van der Waals surface area contributed by atoms with Gasteiger partial charge in [-0.05, 0) is 67.1 Å². The van der Waals surface area contributed by atoms with Crippen LogP contribution in [0, 0.1) is 6.92 Å². The Kier molecular flexibility index (Phi) is 5.72. The van der Waals surface area contributed by atoms with Gasteiger partial charge in [-0.15, -0.1) is 0 Å². The summed E-state index contributed by atoms with van der Waals surface area (Å²) in [6.07, 6.45) is 1.45. The first-order valence-corrected chi connectivity index (χ1v) is 12.4. The fraction of sp³-hybridized carbons (Fsp3) is 0.400. The Morgan fingerprint density at radius 2 is 1.71 bits per heavy atom. The van der Waals surface area contributed by atoms with Gasteiger partial charge in [-0.1, -0.05) is 26.0 Å². The fourth-order valence-corrected chi connectivity index (χ4v) is 6.23. The second-order valence-corrected chi connectivity index (χ2v) is 11.1. The number of anilines is 2. The van der Waals surface area contributed by atoms with E-state index < -0.39 is 20.0 Å². The van der Waals surface area contributed by atoms with Crippen LogP contribution in [0.4, 0.5) is 11.4 Å². The van der Waals surface area contributed by atoms with Gasteiger partial charge in [0.15, 0.2) is 0 Å². The van der Waals surface area contributed by atoms with Crippen molar-refractivity contribution in [3.8, 4) is 0 Å². The Hall–Kier alpha value is -2.06. The third-order valence-electron chi connectivity index (χ3n) is 4.91. The molecule has 1 fully saturated rings. The molecule has 6 nitrogen and oxygen atoms in total.